The van der Waals surface area contributed by atoms with Crippen LogP contribution < -0.4 is 10.2 Å². The van der Waals surface area contributed by atoms with Gasteiger partial charge in [-0.2, -0.15) is 13.2 Å². The van der Waals surface area contributed by atoms with E-state index >= 15 is 0 Å². The average molecular weight is 448 g/mol. The van der Waals surface area contributed by atoms with Crippen LogP contribution in [0.15, 0.2) is 36.4 Å². The van der Waals surface area contributed by atoms with Gasteiger partial charge in [-0.15, -0.1) is 0 Å². The zero-order valence-corrected chi connectivity index (χ0v) is 18.8. The number of nitrogens with one attached hydrogen (secondary N) is 1. The molecule has 1 aliphatic rings. The van der Waals surface area contributed by atoms with Gasteiger partial charge in [0.05, 0.1) is 5.56 Å². The molecule has 8 heteroatoms. The summed E-state index contributed by atoms with van der Waals surface area (Å²) < 4.78 is 45.2. The molecule has 0 aliphatic carbocycles. The number of aryl methyl sites for hydroxylation is 3. The molecule has 5 nitrogen and oxygen atoms in total. The van der Waals surface area contributed by atoms with Crippen LogP contribution in [0.5, 0.6) is 0 Å². The number of ether oxygens (including phenoxy) is 1. The van der Waals surface area contributed by atoms with Crippen LogP contribution in [0, 0.1) is 26.2 Å². The van der Waals surface area contributed by atoms with Gasteiger partial charge < -0.3 is 15.0 Å². The number of carbonyl (C=O) groups excluding carboxylic acids is 2. The third-order valence-electron chi connectivity index (χ3n) is 6.12. The minimum Gasteiger partial charge on any atom is -0.370 e. The third-order valence-corrected chi connectivity index (χ3v) is 6.12. The van der Waals surface area contributed by atoms with Crippen LogP contribution in [0.2, 0.25) is 0 Å². The van der Waals surface area contributed by atoms with Crippen molar-refractivity contribution in [3.05, 3.63) is 58.7 Å². The van der Waals surface area contributed by atoms with E-state index in [0.29, 0.717) is 5.56 Å². The van der Waals surface area contributed by atoms with Crippen LogP contribution in [0.25, 0.3) is 0 Å². The van der Waals surface area contributed by atoms with Gasteiger partial charge in [0.25, 0.3) is 5.91 Å². The molecule has 1 fully saturated rings. The largest absolute Gasteiger partial charge is 0.416 e. The number of rotatable bonds is 5. The predicted octanol–water partition coefficient (Wildman–Crippen LogP) is 5.03. The summed E-state index contributed by atoms with van der Waals surface area (Å²) in [6.45, 7) is 7.13. The molecule has 1 heterocycles. The Balaban J connectivity index is 2.00. The van der Waals surface area contributed by atoms with Gasteiger partial charge in [0.2, 0.25) is 5.91 Å². The van der Waals surface area contributed by atoms with Gasteiger partial charge in [-0.05, 0) is 62.1 Å². The van der Waals surface area contributed by atoms with Crippen molar-refractivity contribution < 1.29 is 27.5 Å². The molecule has 2 aromatic carbocycles. The second-order valence-corrected chi connectivity index (χ2v) is 8.33. The van der Waals surface area contributed by atoms with Crippen LogP contribution in [-0.4, -0.2) is 31.6 Å². The summed E-state index contributed by atoms with van der Waals surface area (Å²) in [7, 11) is 1.36. The van der Waals surface area contributed by atoms with Crippen LogP contribution in [-0.2, 0) is 20.5 Å². The molecule has 0 radical (unpaired) electrons. The molecule has 0 unspecified atom stereocenters. The van der Waals surface area contributed by atoms with Gasteiger partial charge in [0.15, 0.2) is 6.10 Å². The Kier molecular flexibility index (Phi) is 6.38. The maximum absolute atomic E-state index is 13.5. The van der Waals surface area contributed by atoms with E-state index in [1.807, 2.05) is 32.0 Å². The number of para-hydroxylation sites is 1. The first kappa shape index (κ1) is 23.8. The summed E-state index contributed by atoms with van der Waals surface area (Å²) in [6.07, 6.45) is -5.33. The van der Waals surface area contributed by atoms with Crippen molar-refractivity contribution in [3.8, 4) is 0 Å². The highest BCUT2D eigenvalue weighted by molar-refractivity contribution is 6.09. The number of benzene rings is 2. The second-order valence-electron chi connectivity index (χ2n) is 8.33. The monoisotopic (exact) mass is 448 g/mol. The molecule has 0 aromatic heterocycles. The molecule has 172 valence electrons. The number of halogens is 3. The maximum atomic E-state index is 13.5. The molecule has 2 aromatic rings. The molecule has 1 saturated heterocycles. The molecule has 1 aliphatic heterocycles. The molecule has 32 heavy (non-hydrogen) atoms. The van der Waals surface area contributed by atoms with Crippen LogP contribution in [0.1, 0.15) is 35.6 Å². The molecule has 2 atom stereocenters. The van der Waals surface area contributed by atoms with E-state index in [4.69, 9.17) is 4.74 Å². The van der Waals surface area contributed by atoms with Crippen molar-refractivity contribution in [1.82, 2.24) is 0 Å². The molecule has 1 N–H and O–H groups in total. The second kappa shape index (κ2) is 8.58. The van der Waals surface area contributed by atoms with Crippen molar-refractivity contribution in [2.45, 2.75) is 46.4 Å². The van der Waals surface area contributed by atoms with Gasteiger partial charge in [0, 0.05) is 25.0 Å². The molecular weight excluding hydrogens is 421 g/mol. The first-order valence-electron chi connectivity index (χ1n) is 10.4. The van der Waals surface area contributed by atoms with E-state index in [9.17, 15) is 22.8 Å². The van der Waals surface area contributed by atoms with E-state index in [0.717, 1.165) is 28.9 Å². The Bertz CT molecular complexity index is 1030. The summed E-state index contributed by atoms with van der Waals surface area (Å²) >= 11 is 0. The molecule has 0 spiro atoms. The summed E-state index contributed by atoms with van der Waals surface area (Å²) in [4.78, 5) is 28.3. The van der Waals surface area contributed by atoms with E-state index < -0.39 is 29.2 Å². The van der Waals surface area contributed by atoms with E-state index in [-0.39, 0.29) is 24.6 Å². The normalized spacial score (nSPS) is 21.2. The lowest BCUT2D eigenvalue weighted by atomic mass is 9.80. The van der Waals surface area contributed by atoms with E-state index in [2.05, 4.69) is 5.32 Å². The number of amides is 2. The first-order chi connectivity index (χ1) is 14.9. The van der Waals surface area contributed by atoms with E-state index in [1.165, 1.54) is 20.1 Å². The zero-order valence-electron chi connectivity index (χ0n) is 18.8. The quantitative estimate of drug-likeness (QED) is 0.698. The Morgan fingerprint density at radius 1 is 1.19 bits per heavy atom. The lowest BCUT2D eigenvalue weighted by molar-refractivity contribution is -0.140. The highest BCUT2D eigenvalue weighted by Crippen LogP contribution is 2.42. The van der Waals surface area contributed by atoms with Crippen LogP contribution in [0.3, 0.4) is 0 Å². The number of hydrogen-bond donors (Lipinski definition) is 1. The molecule has 0 bridgehead atoms. The summed E-state index contributed by atoms with van der Waals surface area (Å²) in [6, 6.07) is 9.04. The Labute approximate surface area is 185 Å². The fourth-order valence-electron chi connectivity index (χ4n) is 4.49. The maximum Gasteiger partial charge on any atom is 0.416 e. The average Bonchev–Trinajstić information content (AvgIpc) is 2.99. The predicted molar refractivity (Wildman–Crippen MR) is 117 cm³/mol. The van der Waals surface area contributed by atoms with Gasteiger partial charge in [0.1, 0.15) is 5.41 Å². The molecule has 0 saturated carbocycles. The summed E-state index contributed by atoms with van der Waals surface area (Å²) in [5, 5.41) is 2.62. The highest BCUT2D eigenvalue weighted by Gasteiger charge is 2.57. The van der Waals surface area contributed by atoms with Gasteiger partial charge in [-0.25, -0.2) is 0 Å². The summed E-state index contributed by atoms with van der Waals surface area (Å²) in [5.74, 6) is -0.894. The van der Waals surface area contributed by atoms with Crippen molar-refractivity contribution in [3.63, 3.8) is 0 Å². The molecule has 2 amide bonds. The minimum atomic E-state index is -4.54. The van der Waals surface area contributed by atoms with E-state index in [1.54, 1.807) is 11.8 Å². The summed E-state index contributed by atoms with van der Waals surface area (Å²) in [5.41, 5.74) is 0.774. The standard InChI is InChI=1S/C24H27F3N2O3/c1-6-23(22(31)28-18-11-14(2)10-17(12-18)24(25,26)27)13-29(21(30)20(23)32-5)19-15(3)8-7-9-16(19)4/h7-12,20H,6,13H2,1-5H3,(H,28,31)/t20-,23-/m1/s1. The van der Waals surface area contributed by atoms with Crippen molar-refractivity contribution >= 4 is 23.2 Å². The molecule has 3 rings (SSSR count). The number of hydrogen-bond acceptors (Lipinski definition) is 3. The lowest BCUT2D eigenvalue weighted by Crippen LogP contribution is -2.46. The van der Waals surface area contributed by atoms with Crippen molar-refractivity contribution in [2.24, 2.45) is 5.41 Å². The smallest absolute Gasteiger partial charge is 0.370 e. The number of nitrogens with zero attached hydrogens (tertiary/aromatic N) is 1. The number of anilines is 2. The number of methoxy groups -OCH3 is 1. The van der Waals surface area contributed by atoms with Gasteiger partial charge in [-0.1, -0.05) is 25.1 Å². The zero-order chi connectivity index (χ0) is 23.8. The van der Waals surface area contributed by atoms with Gasteiger partial charge >= 0.3 is 6.18 Å². The van der Waals surface area contributed by atoms with Gasteiger partial charge in [-0.3, -0.25) is 9.59 Å². The number of alkyl halides is 3. The number of carbonyl (C=O) groups is 2. The third kappa shape index (κ3) is 4.11. The van der Waals surface area contributed by atoms with Crippen LogP contribution in [0.4, 0.5) is 24.5 Å². The highest BCUT2D eigenvalue weighted by atomic mass is 19.4. The first-order valence-corrected chi connectivity index (χ1v) is 10.4. The Morgan fingerprint density at radius 3 is 2.34 bits per heavy atom. The Morgan fingerprint density at radius 2 is 1.81 bits per heavy atom. The molecular formula is C24H27F3N2O3. The topological polar surface area (TPSA) is 58.6 Å². The lowest BCUT2D eigenvalue weighted by Gasteiger charge is -2.30. The van der Waals surface area contributed by atoms with Crippen molar-refractivity contribution in [1.29, 1.82) is 0 Å². The van der Waals surface area contributed by atoms with Crippen LogP contribution >= 0.6 is 0 Å². The van der Waals surface area contributed by atoms with Crippen molar-refractivity contribution in [2.75, 3.05) is 23.9 Å². The minimum absolute atomic E-state index is 0.0305. The fraction of sp³-hybridized carbons (Fsp3) is 0.417. The Hall–Kier alpha value is -2.87. The SMILES string of the molecule is CC[C@@]1(C(=O)Nc2cc(C)cc(C(F)(F)F)c2)CN(c2c(C)cccc2C)C(=O)[C@H]1OC. The fourth-order valence-corrected chi connectivity index (χ4v) is 4.49.